The summed E-state index contributed by atoms with van der Waals surface area (Å²) in [4.78, 5) is 4.52. The van der Waals surface area contributed by atoms with Gasteiger partial charge >= 0.3 is 0 Å². The number of rotatable bonds is 3. The normalized spacial score (nSPS) is 18.5. The number of hydrogen-bond donors (Lipinski definition) is 1. The third-order valence-corrected chi connectivity index (χ3v) is 3.28. The molecule has 0 aromatic heterocycles. The van der Waals surface area contributed by atoms with Crippen LogP contribution >= 0.6 is 0 Å². The van der Waals surface area contributed by atoms with Crippen molar-refractivity contribution in [1.82, 2.24) is 9.80 Å². The fourth-order valence-corrected chi connectivity index (χ4v) is 2.09. The molecule has 94 valence electrons. The lowest BCUT2D eigenvalue weighted by Gasteiger charge is -2.32. The Morgan fingerprint density at radius 2 is 1.94 bits per heavy atom. The van der Waals surface area contributed by atoms with Crippen molar-refractivity contribution < 1.29 is 9.50 Å². The van der Waals surface area contributed by atoms with E-state index >= 15 is 0 Å². The van der Waals surface area contributed by atoms with E-state index in [0.717, 1.165) is 31.7 Å². The average molecular weight is 238 g/mol. The van der Waals surface area contributed by atoms with Crippen LogP contribution in [0.4, 0.5) is 4.39 Å². The molecule has 0 atom stereocenters. The molecule has 0 aliphatic carbocycles. The van der Waals surface area contributed by atoms with Gasteiger partial charge in [0.15, 0.2) is 0 Å². The molecule has 4 heteroatoms. The standard InChI is InChI=1S/C13H19FN2O/c1-15-4-6-16(7-5-15)9-12-8-11(10-17)2-3-13(12)14/h2-3,8,17H,4-7,9-10H2,1H3. The molecule has 0 bridgehead atoms. The van der Waals surface area contributed by atoms with Crippen LogP contribution in [0.2, 0.25) is 0 Å². The minimum atomic E-state index is -0.180. The van der Waals surface area contributed by atoms with Gasteiger partial charge in [-0.3, -0.25) is 4.90 Å². The summed E-state index contributed by atoms with van der Waals surface area (Å²) in [6.07, 6.45) is 0. The van der Waals surface area contributed by atoms with Gasteiger partial charge < -0.3 is 10.0 Å². The van der Waals surface area contributed by atoms with E-state index in [2.05, 4.69) is 16.8 Å². The molecule has 0 radical (unpaired) electrons. The second kappa shape index (κ2) is 5.58. The molecule has 0 unspecified atom stereocenters. The van der Waals surface area contributed by atoms with Crippen LogP contribution in [-0.2, 0) is 13.2 Å². The molecule has 17 heavy (non-hydrogen) atoms. The van der Waals surface area contributed by atoms with Crippen LogP contribution in [0.1, 0.15) is 11.1 Å². The summed E-state index contributed by atoms with van der Waals surface area (Å²) in [6, 6.07) is 4.83. The maximum absolute atomic E-state index is 13.6. The van der Waals surface area contributed by atoms with Gasteiger partial charge in [-0.15, -0.1) is 0 Å². The van der Waals surface area contributed by atoms with Gasteiger partial charge in [0.05, 0.1) is 6.61 Å². The molecular weight excluding hydrogens is 219 g/mol. The lowest BCUT2D eigenvalue weighted by Crippen LogP contribution is -2.44. The minimum absolute atomic E-state index is 0.0317. The number of piperazine rings is 1. The molecule has 2 rings (SSSR count). The molecular formula is C13H19FN2O. The van der Waals surface area contributed by atoms with Crippen LogP contribution in [0, 0.1) is 5.82 Å². The number of nitrogens with zero attached hydrogens (tertiary/aromatic N) is 2. The lowest BCUT2D eigenvalue weighted by molar-refractivity contribution is 0.147. The third-order valence-electron chi connectivity index (χ3n) is 3.28. The van der Waals surface area contributed by atoms with Gasteiger partial charge in [0, 0.05) is 38.3 Å². The van der Waals surface area contributed by atoms with Crippen LogP contribution < -0.4 is 0 Å². The minimum Gasteiger partial charge on any atom is -0.392 e. The topological polar surface area (TPSA) is 26.7 Å². The Hall–Kier alpha value is -0.970. The lowest BCUT2D eigenvalue weighted by atomic mass is 10.1. The molecule has 1 heterocycles. The fraction of sp³-hybridized carbons (Fsp3) is 0.538. The van der Waals surface area contributed by atoms with Gasteiger partial charge in [-0.25, -0.2) is 4.39 Å². The van der Waals surface area contributed by atoms with Crippen LogP contribution in [0.25, 0.3) is 0 Å². The first-order valence-corrected chi connectivity index (χ1v) is 5.98. The number of halogens is 1. The summed E-state index contributed by atoms with van der Waals surface area (Å²) in [5, 5.41) is 9.05. The molecule has 3 nitrogen and oxygen atoms in total. The number of hydrogen-bond acceptors (Lipinski definition) is 3. The Bertz CT molecular complexity index is 376. The second-order valence-electron chi connectivity index (χ2n) is 4.66. The first-order valence-electron chi connectivity index (χ1n) is 5.98. The van der Waals surface area contributed by atoms with E-state index in [1.54, 1.807) is 12.1 Å². The molecule has 0 spiro atoms. The van der Waals surface area contributed by atoms with Gasteiger partial charge in [-0.05, 0) is 24.7 Å². The van der Waals surface area contributed by atoms with E-state index in [0.29, 0.717) is 12.1 Å². The molecule has 0 saturated carbocycles. The summed E-state index contributed by atoms with van der Waals surface area (Å²) in [6.45, 7) is 4.60. The Morgan fingerprint density at radius 1 is 1.24 bits per heavy atom. The van der Waals surface area contributed by atoms with Crippen molar-refractivity contribution in [3.63, 3.8) is 0 Å². The fourth-order valence-electron chi connectivity index (χ4n) is 2.09. The Balaban J connectivity index is 2.02. The van der Waals surface area contributed by atoms with E-state index < -0.39 is 0 Å². The number of likely N-dealkylation sites (N-methyl/N-ethyl adjacent to an activating group) is 1. The van der Waals surface area contributed by atoms with Crippen molar-refractivity contribution in [3.05, 3.63) is 35.1 Å². The summed E-state index contributed by atoms with van der Waals surface area (Å²) >= 11 is 0. The van der Waals surface area contributed by atoms with E-state index in [4.69, 9.17) is 5.11 Å². The first-order chi connectivity index (χ1) is 8.19. The second-order valence-corrected chi connectivity index (χ2v) is 4.66. The van der Waals surface area contributed by atoms with E-state index in [1.165, 1.54) is 6.07 Å². The quantitative estimate of drug-likeness (QED) is 0.853. The zero-order valence-electron chi connectivity index (χ0n) is 10.2. The highest BCUT2D eigenvalue weighted by atomic mass is 19.1. The monoisotopic (exact) mass is 238 g/mol. The number of aliphatic hydroxyl groups is 1. The SMILES string of the molecule is CN1CCN(Cc2cc(CO)ccc2F)CC1. The van der Waals surface area contributed by atoms with Crippen LogP contribution in [0.5, 0.6) is 0 Å². The van der Waals surface area contributed by atoms with Crippen molar-refractivity contribution in [2.45, 2.75) is 13.2 Å². The maximum Gasteiger partial charge on any atom is 0.127 e. The van der Waals surface area contributed by atoms with E-state index in [9.17, 15) is 4.39 Å². The summed E-state index contributed by atoms with van der Waals surface area (Å²) in [5.74, 6) is -0.180. The molecule has 1 aliphatic heterocycles. The van der Waals surface area contributed by atoms with Gasteiger partial charge in [0.25, 0.3) is 0 Å². The zero-order chi connectivity index (χ0) is 12.3. The summed E-state index contributed by atoms with van der Waals surface area (Å²) < 4.78 is 13.6. The van der Waals surface area contributed by atoms with Gasteiger partial charge in [0.2, 0.25) is 0 Å². The molecule has 1 aromatic carbocycles. The number of aliphatic hydroxyl groups excluding tert-OH is 1. The van der Waals surface area contributed by atoms with E-state index in [1.807, 2.05) is 0 Å². The van der Waals surface area contributed by atoms with E-state index in [-0.39, 0.29) is 12.4 Å². The average Bonchev–Trinajstić information content (AvgIpc) is 2.35. The smallest absolute Gasteiger partial charge is 0.127 e. The van der Waals surface area contributed by atoms with Crippen molar-refractivity contribution in [1.29, 1.82) is 0 Å². The van der Waals surface area contributed by atoms with Crippen molar-refractivity contribution >= 4 is 0 Å². The summed E-state index contributed by atoms with van der Waals surface area (Å²) in [5.41, 5.74) is 1.46. The third kappa shape index (κ3) is 3.25. The predicted octanol–water partition coefficient (Wildman–Crippen LogP) is 1.07. The molecule has 1 aliphatic rings. The van der Waals surface area contributed by atoms with Gasteiger partial charge in [-0.2, -0.15) is 0 Å². The number of benzene rings is 1. The molecule has 1 fully saturated rings. The highest BCUT2D eigenvalue weighted by Crippen LogP contribution is 2.14. The molecule has 1 aromatic rings. The van der Waals surface area contributed by atoms with Crippen LogP contribution in [0.15, 0.2) is 18.2 Å². The zero-order valence-corrected chi connectivity index (χ0v) is 10.2. The molecule has 1 saturated heterocycles. The summed E-state index contributed by atoms with van der Waals surface area (Å²) in [7, 11) is 2.10. The van der Waals surface area contributed by atoms with Crippen LogP contribution in [0.3, 0.4) is 0 Å². The van der Waals surface area contributed by atoms with Gasteiger partial charge in [-0.1, -0.05) is 6.07 Å². The Kier molecular flexibility index (Phi) is 4.10. The maximum atomic E-state index is 13.6. The van der Waals surface area contributed by atoms with Crippen molar-refractivity contribution in [2.75, 3.05) is 33.2 Å². The predicted molar refractivity (Wildman–Crippen MR) is 65.1 cm³/mol. The molecule has 1 N–H and O–H groups in total. The van der Waals surface area contributed by atoms with Crippen LogP contribution in [-0.4, -0.2) is 48.1 Å². The first kappa shape index (κ1) is 12.5. The molecule has 0 amide bonds. The van der Waals surface area contributed by atoms with Gasteiger partial charge in [0.1, 0.15) is 5.82 Å². The van der Waals surface area contributed by atoms with Crippen molar-refractivity contribution in [2.24, 2.45) is 0 Å². The largest absolute Gasteiger partial charge is 0.392 e. The highest BCUT2D eigenvalue weighted by Gasteiger charge is 2.15. The highest BCUT2D eigenvalue weighted by molar-refractivity contribution is 5.24. The Labute approximate surface area is 101 Å². The Morgan fingerprint density at radius 3 is 2.59 bits per heavy atom. The van der Waals surface area contributed by atoms with Crippen molar-refractivity contribution in [3.8, 4) is 0 Å².